The van der Waals surface area contributed by atoms with Gasteiger partial charge in [0, 0.05) is 31.0 Å². The molecule has 2 aliphatic heterocycles. The van der Waals surface area contributed by atoms with Crippen LogP contribution in [0.1, 0.15) is 71.4 Å². The average Bonchev–Trinajstić information content (AvgIpc) is 4.04. The monoisotopic (exact) mass is 706 g/mol. The molecule has 2 aliphatic rings. The van der Waals surface area contributed by atoms with Crippen molar-refractivity contribution in [2.24, 2.45) is 0 Å². The molecule has 1 unspecified atom stereocenters. The van der Waals surface area contributed by atoms with Gasteiger partial charge in [0.1, 0.15) is 17.7 Å². The molecule has 53 heavy (non-hydrogen) atoms. The number of H-pyrrole nitrogens is 2. The first-order valence-electron chi connectivity index (χ1n) is 17.8. The van der Waals surface area contributed by atoms with Crippen LogP contribution in [0.4, 0.5) is 4.79 Å². The number of aromatic nitrogens is 5. The SMILES string of the molecule is O=C(O)NC(C(=O)N1CCC[C@H]1c1ncc(-c2ccc(-c3ccc(-c4cnc([C@@H]5CCCN5C(=O)c5ccncc5)[nH]4)cc3)cc2)[nH]1)c1ccccc1. The van der Waals surface area contributed by atoms with Crippen molar-refractivity contribution < 1.29 is 19.5 Å². The number of carbonyl (C=O) groups excluding carboxylic acids is 2. The second-order valence-electron chi connectivity index (χ2n) is 13.4. The molecular weight excluding hydrogens is 669 g/mol. The number of imidazole rings is 2. The van der Waals surface area contributed by atoms with E-state index < -0.39 is 12.1 Å². The lowest BCUT2D eigenvalue weighted by Gasteiger charge is -2.28. The summed E-state index contributed by atoms with van der Waals surface area (Å²) in [5.41, 5.74) is 7.06. The molecule has 0 saturated carbocycles. The highest BCUT2D eigenvalue weighted by atomic mass is 16.4. The molecule has 2 fully saturated rings. The van der Waals surface area contributed by atoms with Crippen molar-refractivity contribution >= 4 is 17.9 Å². The maximum Gasteiger partial charge on any atom is 0.405 e. The summed E-state index contributed by atoms with van der Waals surface area (Å²) in [6.07, 6.45) is 8.95. The van der Waals surface area contributed by atoms with E-state index in [1.54, 1.807) is 59.9 Å². The molecule has 3 amide bonds. The second-order valence-corrected chi connectivity index (χ2v) is 13.4. The summed E-state index contributed by atoms with van der Waals surface area (Å²) in [5.74, 6) is 1.17. The van der Waals surface area contributed by atoms with Gasteiger partial charge in [0.25, 0.3) is 11.8 Å². The van der Waals surface area contributed by atoms with E-state index in [1.165, 1.54) is 0 Å². The summed E-state index contributed by atoms with van der Waals surface area (Å²) in [4.78, 5) is 62.3. The molecule has 12 nitrogen and oxygen atoms in total. The number of benzene rings is 3. The Bertz CT molecular complexity index is 2220. The van der Waals surface area contributed by atoms with E-state index in [1.807, 2.05) is 29.3 Å². The molecule has 2 saturated heterocycles. The van der Waals surface area contributed by atoms with E-state index in [0.29, 0.717) is 30.0 Å². The second kappa shape index (κ2) is 14.6. The molecule has 8 rings (SSSR count). The number of hydrogen-bond donors (Lipinski definition) is 4. The van der Waals surface area contributed by atoms with Crippen LogP contribution in [-0.4, -0.2) is 70.8 Å². The zero-order valence-electron chi connectivity index (χ0n) is 28.9. The Morgan fingerprint density at radius 3 is 1.74 bits per heavy atom. The van der Waals surface area contributed by atoms with Crippen LogP contribution >= 0.6 is 0 Å². The van der Waals surface area contributed by atoms with Crippen LogP contribution in [0.15, 0.2) is 116 Å². The van der Waals surface area contributed by atoms with Crippen molar-refractivity contribution in [2.75, 3.05) is 13.1 Å². The van der Waals surface area contributed by atoms with Crippen molar-refractivity contribution in [3.8, 4) is 33.6 Å². The Labute approximate surface area is 306 Å². The predicted octanol–water partition coefficient (Wildman–Crippen LogP) is 7.18. The van der Waals surface area contributed by atoms with Gasteiger partial charge in [-0.3, -0.25) is 14.6 Å². The number of aromatic amines is 2. The summed E-state index contributed by atoms with van der Waals surface area (Å²) in [5, 5.41) is 11.9. The highest BCUT2D eigenvalue weighted by molar-refractivity contribution is 5.94. The molecule has 0 aliphatic carbocycles. The number of rotatable bonds is 9. The Morgan fingerprint density at radius 2 is 1.19 bits per heavy atom. The highest BCUT2D eigenvalue weighted by Gasteiger charge is 2.37. The van der Waals surface area contributed by atoms with Crippen LogP contribution in [0, 0.1) is 0 Å². The number of amides is 3. The number of pyridine rings is 1. The fourth-order valence-electron chi connectivity index (χ4n) is 7.48. The normalized spacial score (nSPS) is 17.5. The molecule has 0 bridgehead atoms. The lowest BCUT2D eigenvalue weighted by atomic mass is 10.0. The van der Waals surface area contributed by atoms with Gasteiger partial charge in [0.15, 0.2) is 0 Å². The zero-order chi connectivity index (χ0) is 36.3. The summed E-state index contributed by atoms with van der Waals surface area (Å²) < 4.78 is 0. The van der Waals surface area contributed by atoms with E-state index in [-0.39, 0.29) is 23.9 Å². The number of carbonyl (C=O) groups is 3. The van der Waals surface area contributed by atoms with Crippen LogP contribution in [-0.2, 0) is 4.79 Å². The quantitative estimate of drug-likeness (QED) is 0.124. The Balaban J connectivity index is 0.934. The molecule has 266 valence electrons. The van der Waals surface area contributed by atoms with Crippen molar-refractivity contribution in [1.82, 2.24) is 40.0 Å². The predicted molar refractivity (Wildman–Crippen MR) is 198 cm³/mol. The summed E-state index contributed by atoms with van der Waals surface area (Å²) in [6.45, 7) is 1.22. The minimum Gasteiger partial charge on any atom is -0.465 e. The molecular formula is C41H38N8O4. The average molecular weight is 707 g/mol. The van der Waals surface area contributed by atoms with Crippen LogP contribution in [0.2, 0.25) is 0 Å². The Morgan fingerprint density at radius 1 is 0.679 bits per heavy atom. The molecule has 4 N–H and O–H groups in total. The van der Waals surface area contributed by atoms with Crippen LogP contribution in [0.3, 0.4) is 0 Å². The maximum atomic E-state index is 13.7. The Hall–Kier alpha value is -6.56. The van der Waals surface area contributed by atoms with Crippen molar-refractivity contribution in [2.45, 2.75) is 43.8 Å². The van der Waals surface area contributed by atoms with Gasteiger partial charge in [-0.15, -0.1) is 0 Å². The third kappa shape index (κ3) is 6.90. The Kier molecular flexibility index (Phi) is 9.24. The standard InChI is InChI=1S/C41H38N8O4/c50-39(31-18-20-42-21-19-31)48-22-4-8-34(48)37-43-24-32(45-37)28-14-10-26(11-15-28)27-12-16-29(17-13-27)33-25-44-38(46-33)35-9-5-23-49(35)40(51)36(47-41(52)53)30-6-2-1-3-7-30/h1-3,6-7,10-21,24-25,34-36,47H,4-5,8-9,22-23H2,(H,43,45)(H,44,46)(H,52,53)/t34-,35-,36?/m0/s1. The van der Waals surface area contributed by atoms with Crippen molar-refractivity contribution in [1.29, 1.82) is 0 Å². The van der Waals surface area contributed by atoms with Gasteiger partial charge in [-0.25, -0.2) is 14.8 Å². The first-order chi connectivity index (χ1) is 25.9. The van der Waals surface area contributed by atoms with Gasteiger partial charge in [-0.05, 0) is 65.6 Å². The van der Waals surface area contributed by atoms with Gasteiger partial charge in [-0.1, -0.05) is 78.9 Å². The summed E-state index contributed by atoms with van der Waals surface area (Å²) >= 11 is 0. The van der Waals surface area contributed by atoms with Gasteiger partial charge >= 0.3 is 6.09 Å². The van der Waals surface area contributed by atoms with E-state index in [0.717, 1.165) is 65.1 Å². The first-order valence-corrected chi connectivity index (χ1v) is 17.8. The molecule has 0 spiro atoms. The first kappa shape index (κ1) is 33.6. The van der Waals surface area contributed by atoms with Gasteiger partial charge in [-0.2, -0.15) is 0 Å². The van der Waals surface area contributed by atoms with E-state index >= 15 is 0 Å². The number of carboxylic acid groups (broad SMARTS) is 1. The molecule has 3 aromatic carbocycles. The molecule has 5 heterocycles. The lowest BCUT2D eigenvalue weighted by molar-refractivity contribution is -0.134. The number of hydrogen-bond acceptors (Lipinski definition) is 6. The van der Waals surface area contributed by atoms with E-state index in [2.05, 4.69) is 66.6 Å². The minimum atomic E-state index is -1.25. The van der Waals surface area contributed by atoms with Crippen LogP contribution in [0.5, 0.6) is 0 Å². The van der Waals surface area contributed by atoms with Gasteiger partial charge < -0.3 is 30.2 Å². The fraction of sp³-hybridized carbons (Fsp3) is 0.220. The van der Waals surface area contributed by atoms with Crippen molar-refractivity contribution in [3.63, 3.8) is 0 Å². The molecule has 0 radical (unpaired) electrons. The topological polar surface area (TPSA) is 160 Å². The largest absolute Gasteiger partial charge is 0.465 e. The third-order valence-corrected chi connectivity index (χ3v) is 10.2. The van der Waals surface area contributed by atoms with Crippen molar-refractivity contribution in [3.05, 3.63) is 139 Å². The third-order valence-electron chi connectivity index (χ3n) is 10.2. The number of likely N-dealkylation sites (tertiary alicyclic amines) is 2. The lowest BCUT2D eigenvalue weighted by Crippen LogP contribution is -2.42. The van der Waals surface area contributed by atoms with Crippen LogP contribution < -0.4 is 5.32 Å². The highest BCUT2D eigenvalue weighted by Crippen LogP contribution is 2.35. The smallest absolute Gasteiger partial charge is 0.405 e. The zero-order valence-corrected chi connectivity index (χ0v) is 28.9. The molecule has 3 aromatic heterocycles. The fourth-order valence-corrected chi connectivity index (χ4v) is 7.48. The van der Waals surface area contributed by atoms with Gasteiger partial charge in [0.05, 0.1) is 35.9 Å². The number of nitrogens with one attached hydrogen (secondary N) is 3. The molecule has 3 atom stereocenters. The summed E-state index contributed by atoms with van der Waals surface area (Å²) in [6, 6.07) is 27.6. The van der Waals surface area contributed by atoms with E-state index in [9.17, 15) is 19.5 Å². The number of nitrogens with zero attached hydrogens (tertiary/aromatic N) is 5. The molecule has 6 aromatic rings. The summed E-state index contributed by atoms with van der Waals surface area (Å²) in [7, 11) is 0. The minimum absolute atomic E-state index is 0.00640. The van der Waals surface area contributed by atoms with E-state index in [4.69, 9.17) is 0 Å². The van der Waals surface area contributed by atoms with Gasteiger partial charge in [0.2, 0.25) is 0 Å². The maximum absolute atomic E-state index is 13.7. The molecule has 12 heteroatoms. The van der Waals surface area contributed by atoms with Crippen LogP contribution in [0.25, 0.3) is 33.6 Å².